The largest absolute Gasteiger partial charge is 0.494 e. The van der Waals surface area contributed by atoms with E-state index in [2.05, 4.69) is 10.3 Å². The Bertz CT molecular complexity index is 779. The molecule has 0 saturated carbocycles. The Hall–Kier alpha value is -2.30. The van der Waals surface area contributed by atoms with Gasteiger partial charge < -0.3 is 25.1 Å². The first-order valence-corrected chi connectivity index (χ1v) is 7.57. The molecule has 2 aromatic rings. The summed E-state index contributed by atoms with van der Waals surface area (Å²) in [4.78, 5) is 17.0. The summed E-state index contributed by atoms with van der Waals surface area (Å²) in [6.45, 7) is 0.784. The zero-order valence-electron chi connectivity index (χ0n) is 14.8. The van der Waals surface area contributed by atoms with Crippen molar-refractivity contribution in [2.75, 3.05) is 21.2 Å². The van der Waals surface area contributed by atoms with Gasteiger partial charge in [-0.15, -0.1) is 24.0 Å². The van der Waals surface area contributed by atoms with Crippen LogP contribution in [0.15, 0.2) is 39.7 Å². The highest BCUT2D eigenvalue weighted by Crippen LogP contribution is 2.18. The van der Waals surface area contributed by atoms with Gasteiger partial charge in [-0.1, -0.05) is 6.07 Å². The van der Waals surface area contributed by atoms with Crippen molar-refractivity contribution in [3.05, 3.63) is 53.2 Å². The number of hydrogen-bond donors (Lipinski definition) is 2. The smallest absolute Gasteiger partial charge is 0.284 e. The molecule has 0 saturated heterocycles. The van der Waals surface area contributed by atoms with Crippen LogP contribution in [0.4, 0.5) is 4.39 Å². The molecule has 0 aliphatic rings. The minimum absolute atomic E-state index is 0. The summed E-state index contributed by atoms with van der Waals surface area (Å²) in [5.41, 5.74) is 5.93. The molecule has 1 heterocycles. The topological polar surface area (TPSA) is 93.1 Å². The van der Waals surface area contributed by atoms with Crippen LogP contribution in [-0.2, 0) is 13.1 Å². The van der Waals surface area contributed by atoms with Gasteiger partial charge in [-0.2, -0.15) is 0 Å². The van der Waals surface area contributed by atoms with Crippen molar-refractivity contribution in [1.29, 1.82) is 0 Å². The standard InChI is InChI=1S/C17H21FN4O3.HI/c1-20-17(21-9-12-5-7-15(25-12)16(19)23)22(2)10-11-4-6-14(24-3)13(18)8-11;/h4-8H,9-10H2,1-3H3,(H2,19,23)(H,20,21);1H. The second kappa shape index (κ2) is 10.00. The SMILES string of the molecule is CN=C(NCc1ccc(C(N)=O)o1)N(C)Cc1ccc(OC)c(F)c1.I. The third kappa shape index (κ3) is 5.61. The molecule has 9 heteroatoms. The molecule has 0 aliphatic carbocycles. The molecule has 3 N–H and O–H groups in total. The number of aliphatic imine (C=N–C) groups is 1. The van der Waals surface area contributed by atoms with Gasteiger partial charge in [-0.05, 0) is 29.8 Å². The zero-order valence-corrected chi connectivity index (χ0v) is 17.1. The van der Waals surface area contributed by atoms with Crippen LogP contribution in [0.1, 0.15) is 21.9 Å². The summed E-state index contributed by atoms with van der Waals surface area (Å²) < 4.78 is 24.0. The first kappa shape index (κ1) is 21.7. The maximum absolute atomic E-state index is 13.8. The van der Waals surface area contributed by atoms with Gasteiger partial charge in [0.25, 0.3) is 5.91 Å². The van der Waals surface area contributed by atoms with Crippen molar-refractivity contribution in [1.82, 2.24) is 10.2 Å². The summed E-state index contributed by atoms with van der Waals surface area (Å²) in [5.74, 6) is 0.429. The van der Waals surface area contributed by atoms with E-state index in [-0.39, 0.29) is 35.5 Å². The number of rotatable bonds is 6. The lowest BCUT2D eigenvalue weighted by Gasteiger charge is -2.22. The number of furan rings is 1. The third-order valence-corrected chi connectivity index (χ3v) is 3.53. The van der Waals surface area contributed by atoms with Gasteiger partial charge >= 0.3 is 0 Å². The zero-order chi connectivity index (χ0) is 18.4. The van der Waals surface area contributed by atoms with Gasteiger partial charge in [0.2, 0.25) is 0 Å². The highest BCUT2D eigenvalue weighted by molar-refractivity contribution is 14.0. The fourth-order valence-corrected chi connectivity index (χ4v) is 2.31. The number of guanidine groups is 1. The van der Waals surface area contributed by atoms with E-state index in [0.29, 0.717) is 24.8 Å². The molecular weight excluding hydrogens is 454 g/mol. The van der Waals surface area contributed by atoms with E-state index in [9.17, 15) is 9.18 Å². The molecule has 2 rings (SSSR count). The van der Waals surface area contributed by atoms with Gasteiger partial charge in [0.15, 0.2) is 23.3 Å². The lowest BCUT2D eigenvalue weighted by Crippen LogP contribution is -2.38. The quantitative estimate of drug-likeness (QED) is 0.380. The number of methoxy groups -OCH3 is 1. The van der Waals surface area contributed by atoms with Gasteiger partial charge in [0.05, 0.1) is 13.7 Å². The van der Waals surface area contributed by atoms with Crippen LogP contribution < -0.4 is 15.8 Å². The highest BCUT2D eigenvalue weighted by atomic mass is 127. The Morgan fingerprint density at radius 1 is 1.38 bits per heavy atom. The monoisotopic (exact) mass is 476 g/mol. The summed E-state index contributed by atoms with van der Waals surface area (Å²) in [6.07, 6.45) is 0. The molecule has 1 aromatic carbocycles. The highest BCUT2D eigenvalue weighted by Gasteiger charge is 2.11. The van der Waals surface area contributed by atoms with Crippen molar-refractivity contribution in [3.63, 3.8) is 0 Å². The fraction of sp³-hybridized carbons (Fsp3) is 0.294. The minimum Gasteiger partial charge on any atom is -0.494 e. The average molecular weight is 476 g/mol. The van der Waals surface area contributed by atoms with Gasteiger partial charge in [0.1, 0.15) is 5.76 Å². The molecule has 0 atom stereocenters. The molecule has 0 bridgehead atoms. The summed E-state index contributed by atoms with van der Waals surface area (Å²) in [6, 6.07) is 7.99. The summed E-state index contributed by atoms with van der Waals surface area (Å²) >= 11 is 0. The molecule has 0 fully saturated rings. The third-order valence-electron chi connectivity index (χ3n) is 3.53. The van der Waals surface area contributed by atoms with Crippen molar-refractivity contribution >= 4 is 35.8 Å². The Morgan fingerprint density at radius 3 is 2.65 bits per heavy atom. The second-order valence-electron chi connectivity index (χ2n) is 5.36. The number of halogens is 2. The van der Waals surface area contributed by atoms with Crippen LogP contribution in [0.25, 0.3) is 0 Å². The Morgan fingerprint density at radius 2 is 2.12 bits per heavy atom. The fourth-order valence-electron chi connectivity index (χ4n) is 2.31. The number of ether oxygens (including phenoxy) is 1. The Labute approximate surface area is 168 Å². The molecule has 0 radical (unpaired) electrons. The molecule has 7 nitrogen and oxygen atoms in total. The van der Waals surface area contributed by atoms with Crippen LogP contribution in [0.5, 0.6) is 5.75 Å². The number of hydrogen-bond acceptors (Lipinski definition) is 4. The van der Waals surface area contributed by atoms with Crippen molar-refractivity contribution in [3.8, 4) is 5.75 Å². The Kier molecular flexibility index (Phi) is 8.36. The molecular formula is C17H22FIN4O3. The van der Waals surface area contributed by atoms with E-state index in [0.717, 1.165) is 5.56 Å². The van der Waals surface area contributed by atoms with E-state index in [1.54, 1.807) is 25.2 Å². The molecule has 0 unspecified atom stereocenters. The van der Waals surface area contributed by atoms with Crippen molar-refractivity contribution < 1.29 is 18.3 Å². The number of benzene rings is 1. The van der Waals surface area contributed by atoms with Crippen molar-refractivity contribution in [2.45, 2.75) is 13.1 Å². The van der Waals surface area contributed by atoms with Crippen LogP contribution in [0.2, 0.25) is 0 Å². The molecule has 1 amide bonds. The minimum atomic E-state index is -0.616. The number of nitrogens with two attached hydrogens (primary N) is 1. The predicted molar refractivity (Wildman–Crippen MR) is 107 cm³/mol. The summed E-state index contributed by atoms with van der Waals surface area (Å²) in [7, 11) is 4.90. The van der Waals surface area contributed by atoms with Gasteiger partial charge in [-0.3, -0.25) is 9.79 Å². The number of nitrogens with zero attached hydrogens (tertiary/aromatic N) is 2. The number of carbonyl (C=O) groups excluding carboxylic acids is 1. The van der Waals surface area contributed by atoms with Gasteiger partial charge in [0, 0.05) is 20.6 Å². The molecule has 1 aromatic heterocycles. The summed E-state index contributed by atoms with van der Waals surface area (Å²) in [5, 5.41) is 3.11. The van der Waals surface area contributed by atoms with Crippen LogP contribution >= 0.6 is 24.0 Å². The van der Waals surface area contributed by atoms with E-state index in [4.69, 9.17) is 14.9 Å². The normalized spacial score (nSPS) is 10.8. The number of primary amides is 1. The number of amides is 1. The molecule has 0 aliphatic heterocycles. The predicted octanol–water partition coefficient (Wildman–Crippen LogP) is 2.35. The maximum Gasteiger partial charge on any atom is 0.284 e. The van der Waals surface area contributed by atoms with Crippen LogP contribution in [0.3, 0.4) is 0 Å². The van der Waals surface area contributed by atoms with Gasteiger partial charge in [-0.25, -0.2) is 4.39 Å². The molecule has 26 heavy (non-hydrogen) atoms. The molecule has 142 valence electrons. The van der Waals surface area contributed by atoms with E-state index >= 15 is 0 Å². The lowest BCUT2D eigenvalue weighted by atomic mass is 10.2. The van der Waals surface area contributed by atoms with E-state index in [1.807, 2.05) is 11.9 Å². The second-order valence-corrected chi connectivity index (χ2v) is 5.36. The van der Waals surface area contributed by atoms with Crippen LogP contribution in [0, 0.1) is 5.82 Å². The lowest BCUT2D eigenvalue weighted by molar-refractivity contribution is 0.0972. The van der Waals surface area contributed by atoms with Crippen molar-refractivity contribution in [2.24, 2.45) is 10.7 Å². The molecule has 0 spiro atoms. The first-order valence-electron chi connectivity index (χ1n) is 7.57. The first-order chi connectivity index (χ1) is 11.9. The Balaban J connectivity index is 0.00000338. The number of nitrogens with one attached hydrogen (secondary N) is 1. The van der Waals surface area contributed by atoms with Crippen LogP contribution in [-0.4, -0.2) is 38.0 Å². The van der Waals surface area contributed by atoms with E-state index in [1.165, 1.54) is 19.2 Å². The average Bonchev–Trinajstić information content (AvgIpc) is 3.05. The number of carbonyl (C=O) groups is 1. The van der Waals surface area contributed by atoms with E-state index < -0.39 is 11.7 Å². The maximum atomic E-state index is 13.8.